The van der Waals surface area contributed by atoms with Gasteiger partial charge in [-0.25, -0.2) is 10.1 Å². The van der Waals surface area contributed by atoms with Gasteiger partial charge in [-0.3, -0.25) is 9.78 Å². The minimum Gasteiger partial charge on any atom is -0.334 e. The average Bonchev–Trinajstić information content (AvgIpc) is 3.07. The van der Waals surface area contributed by atoms with Crippen LogP contribution in [-0.4, -0.2) is 37.2 Å². The Morgan fingerprint density at radius 2 is 2.14 bits per heavy atom. The molecule has 0 aliphatic carbocycles. The maximum Gasteiger partial charge on any atom is 0.264 e. The Kier molecular flexibility index (Phi) is 6.68. The first-order valence-corrected chi connectivity index (χ1v) is 9.91. The molecule has 29 heavy (non-hydrogen) atoms. The van der Waals surface area contributed by atoms with Gasteiger partial charge in [-0.2, -0.15) is 5.10 Å². The number of rotatable bonds is 7. The van der Waals surface area contributed by atoms with Gasteiger partial charge in [0, 0.05) is 16.9 Å². The van der Waals surface area contributed by atoms with Crippen LogP contribution in [0, 0.1) is 6.92 Å². The van der Waals surface area contributed by atoms with E-state index >= 15 is 0 Å². The van der Waals surface area contributed by atoms with E-state index < -0.39 is 0 Å². The second-order valence-corrected chi connectivity index (χ2v) is 7.38. The first-order valence-electron chi connectivity index (χ1n) is 8.55. The van der Waals surface area contributed by atoms with Gasteiger partial charge in [-0.05, 0) is 43.7 Å². The Morgan fingerprint density at radius 3 is 2.90 bits per heavy atom. The highest BCUT2D eigenvalue weighted by Crippen LogP contribution is 2.21. The highest BCUT2D eigenvalue weighted by atomic mass is 35.5. The molecule has 0 bridgehead atoms. The number of benzene rings is 1. The maximum atomic E-state index is 12.2. The Morgan fingerprint density at radius 1 is 1.31 bits per heavy atom. The molecular weight excluding hydrogens is 412 g/mol. The minimum atomic E-state index is -0.207. The number of nitrogens with one attached hydrogen (secondary N) is 2. The zero-order valence-corrected chi connectivity index (χ0v) is 17.3. The van der Waals surface area contributed by atoms with Crippen molar-refractivity contribution in [1.82, 2.24) is 19.9 Å². The first kappa shape index (κ1) is 20.6. The quantitative estimate of drug-likeness (QED) is 0.228. The van der Waals surface area contributed by atoms with Gasteiger partial charge >= 0.3 is 0 Å². The summed E-state index contributed by atoms with van der Waals surface area (Å²) in [6.45, 7) is 3.70. The molecule has 1 amide bonds. The van der Waals surface area contributed by atoms with Crippen LogP contribution in [0.1, 0.15) is 18.2 Å². The van der Waals surface area contributed by atoms with Crippen molar-refractivity contribution in [2.24, 2.45) is 5.10 Å². The van der Waals surface area contributed by atoms with Crippen molar-refractivity contribution in [3.8, 4) is 0 Å². The van der Waals surface area contributed by atoms with Gasteiger partial charge in [-0.15, -0.1) is 10.2 Å². The number of aryl methyl sites for hydroxylation is 1. The van der Waals surface area contributed by atoms with E-state index in [9.17, 15) is 4.79 Å². The summed E-state index contributed by atoms with van der Waals surface area (Å²) < 4.78 is 1.23. The van der Waals surface area contributed by atoms with E-state index in [0.717, 1.165) is 23.0 Å². The van der Waals surface area contributed by atoms with Crippen LogP contribution in [0.15, 0.2) is 52.9 Å². The van der Waals surface area contributed by atoms with Crippen molar-refractivity contribution in [3.05, 3.63) is 58.9 Å². The molecule has 3 rings (SSSR count). The van der Waals surface area contributed by atoms with Crippen LogP contribution in [0.3, 0.4) is 0 Å². The van der Waals surface area contributed by atoms with Crippen LogP contribution in [0.25, 0.3) is 0 Å². The van der Waals surface area contributed by atoms with Gasteiger partial charge in [-0.1, -0.05) is 35.5 Å². The molecule has 1 aromatic carbocycles. The fraction of sp³-hybridized carbons (Fsp3) is 0.167. The molecular formula is C18H19ClN8OS. The predicted octanol–water partition coefficient (Wildman–Crippen LogP) is 2.92. The van der Waals surface area contributed by atoms with E-state index in [1.807, 2.05) is 38.1 Å². The molecule has 2 heterocycles. The van der Waals surface area contributed by atoms with Crippen molar-refractivity contribution < 1.29 is 4.79 Å². The zero-order chi connectivity index (χ0) is 20.8. The number of hydrazone groups is 1. The first-order chi connectivity index (χ1) is 13.9. The summed E-state index contributed by atoms with van der Waals surface area (Å²) in [6, 6.07) is 10.9. The lowest BCUT2D eigenvalue weighted by atomic mass is 10.2. The van der Waals surface area contributed by atoms with Gasteiger partial charge in [0.15, 0.2) is 0 Å². The Bertz CT molecular complexity index is 1040. The number of hydrogen-bond acceptors (Lipinski definition) is 8. The van der Waals surface area contributed by atoms with E-state index in [-0.39, 0.29) is 17.6 Å². The summed E-state index contributed by atoms with van der Waals surface area (Å²) in [4.78, 5) is 16.4. The van der Waals surface area contributed by atoms with Crippen LogP contribution in [0.5, 0.6) is 0 Å². The Labute approximate surface area is 176 Å². The Hall–Kier alpha value is -3.11. The van der Waals surface area contributed by atoms with Crippen LogP contribution in [0.2, 0.25) is 5.02 Å². The molecule has 0 aliphatic rings. The van der Waals surface area contributed by atoms with Crippen LogP contribution in [-0.2, 0) is 4.79 Å². The number of hydrogen-bond donors (Lipinski definition) is 3. The minimum absolute atomic E-state index is 0.109. The van der Waals surface area contributed by atoms with Crippen molar-refractivity contribution in [2.45, 2.75) is 19.0 Å². The SMILES string of the molecule is C/C(=N\Nc1nnc(SCC(=O)Nc2cc(Cl)ccc2C)n1N)c1ccccn1. The molecule has 0 spiro atoms. The van der Waals surface area contributed by atoms with E-state index in [4.69, 9.17) is 17.4 Å². The number of nitrogen functional groups attached to an aromatic ring is 1. The van der Waals surface area contributed by atoms with E-state index in [0.29, 0.717) is 21.6 Å². The third-order valence-electron chi connectivity index (χ3n) is 3.83. The van der Waals surface area contributed by atoms with Crippen molar-refractivity contribution in [1.29, 1.82) is 0 Å². The third-order valence-corrected chi connectivity index (χ3v) is 5.01. The molecule has 0 saturated carbocycles. The Balaban J connectivity index is 1.58. The summed E-state index contributed by atoms with van der Waals surface area (Å²) in [6.07, 6.45) is 1.68. The fourth-order valence-electron chi connectivity index (χ4n) is 2.26. The number of amides is 1. The van der Waals surface area contributed by atoms with Gasteiger partial charge < -0.3 is 11.2 Å². The van der Waals surface area contributed by atoms with Crippen molar-refractivity contribution >= 4 is 46.6 Å². The molecule has 3 aromatic rings. The van der Waals surface area contributed by atoms with Gasteiger partial charge in [0.25, 0.3) is 5.95 Å². The van der Waals surface area contributed by atoms with E-state index in [1.54, 1.807) is 18.3 Å². The fourth-order valence-corrected chi connectivity index (χ4v) is 3.09. The normalized spacial score (nSPS) is 11.3. The number of halogens is 1. The zero-order valence-electron chi connectivity index (χ0n) is 15.8. The number of anilines is 2. The number of carbonyl (C=O) groups excluding carboxylic acids is 1. The molecule has 0 fully saturated rings. The highest BCUT2D eigenvalue weighted by molar-refractivity contribution is 7.99. The molecule has 2 aromatic heterocycles. The second kappa shape index (κ2) is 9.39. The molecule has 0 saturated heterocycles. The standard InChI is InChI=1S/C18H19ClN8OS/c1-11-6-7-13(19)9-15(11)22-16(28)10-29-18-26-25-17(27(18)20)24-23-12(2)14-5-3-4-8-21-14/h3-9H,10,20H2,1-2H3,(H,22,28)(H,24,25)/b23-12+. The molecule has 4 N–H and O–H groups in total. The molecule has 11 heteroatoms. The van der Waals surface area contributed by atoms with Crippen LogP contribution >= 0.6 is 23.4 Å². The lowest BCUT2D eigenvalue weighted by Crippen LogP contribution is -2.17. The number of aromatic nitrogens is 4. The topological polar surface area (TPSA) is 123 Å². The van der Waals surface area contributed by atoms with Gasteiger partial charge in [0.05, 0.1) is 17.2 Å². The smallest absolute Gasteiger partial charge is 0.264 e. The molecule has 0 atom stereocenters. The summed E-state index contributed by atoms with van der Waals surface area (Å²) >= 11 is 7.13. The average molecular weight is 431 g/mol. The molecule has 9 nitrogen and oxygen atoms in total. The third kappa shape index (κ3) is 5.46. The number of nitrogens with zero attached hydrogens (tertiary/aromatic N) is 5. The number of pyridine rings is 1. The maximum absolute atomic E-state index is 12.2. The lowest BCUT2D eigenvalue weighted by molar-refractivity contribution is -0.113. The monoisotopic (exact) mass is 430 g/mol. The molecule has 0 aliphatic heterocycles. The van der Waals surface area contributed by atoms with Crippen LogP contribution in [0.4, 0.5) is 11.6 Å². The van der Waals surface area contributed by atoms with Crippen molar-refractivity contribution in [3.63, 3.8) is 0 Å². The molecule has 0 unspecified atom stereocenters. The molecule has 0 radical (unpaired) electrons. The van der Waals surface area contributed by atoms with Gasteiger partial charge in [0.2, 0.25) is 11.1 Å². The lowest BCUT2D eigenvalue weighted by Gasteiger charge is -2.08. The molecule has 150 valence electrons. The summed E-state index contributed by atoms with van der Waals surface area (Å²) in [5, 5.41) is 15.9. The summed E-state index contributed by atoms with van der Waals surface area (Å²) in [7, 11) is 0. The number of thioether (sulfide) groups is 1. The van der Waals surface area contributed by atoms with E-state index in [2.05, 4.69) is 31.0 Å². The largest absolute Gasteiger partial charge is 0.334 e. The summed E-state index contributed by atoms with van der Waals surface area (Å²) in [5.74, 6) is 6.13. The second-order valence-electron chi connectivity index (χ2n) is 6.00. The van der Waals surface area contributed by atoms with Crippen molar-refractivity contribution in [2.75, 3.05) is 22.3 Å². The van der Waals surface area contributed by atoms with Gasteiger partial charge in [0.1, 0.15) is 0 Å². The predicted molar refractivity (Wildman–Crippen MR) is 116 cm³/mol. The number of nitrogens with two attached hydrogens (primary N) is 1. The van der Waals surface area contributed by atoms with E-state index in [1.165, 1.54) is 4.68 Å². The number of carbonyl (C=O) groups is 1. The highest BCUT2D eigenvalue weighted by Gasteiger charge is 2.13. The summed E-state index contributed by atoms with van der Waals surface area (Å²) in [5.41, 5.74) is 5.73. The van der Waals surface area contributed by atoms with Crippen LogP contribution < -0.4 is 16.6 Å².